The monoisotopic (exact) mass is 393 g/mol. The molecular formula is C20H16F3O5-. The van der Waals surface area contributed by atoms with Gasteiger partial charge in [0.15, 0.2) is 0 Å². The number of alkyl halides is 3. The van der Waals surface area contributed by atoms with Crippen LogP contribution in [0.2, 0.25) is 0 Å². The summed E-state index contributed by atoms with van der Waals surface area (Å²) in [7, 11) is 0. The van der Waals surface area contributed by atoms with Gasteiger partial charge in [-0.25, -0.2) is 4.79 Å². The molecule has 0 saturated heterocycles. The second-order valence-electron chi connectivity index (χ2n) is 6.52. The molecule has 0 heterocycles. The third-order valence-electron chi connectivity index (χ3n) is 4.71. The molecule has 0 aromatic heterocycles. The van der Waals surface area contributed by atoms with Crippen molar-refractivity contribution in [1.29, 1.82) is 0 Å². The van der Waals surface area contributed by atoms with Crippen molar-refractivity contribution in [3.8, 4) is 5.75 Å². The Morgan fingerprint density at radius 1 is 1.00 bits per heavy atom. The second-order valence-corrected chi connectivity index (χ2v) is 6.52. The summed E-state index contributed by atoms with van der Waals surface area (Å²) in [5, 5.41) is 11.0. The van der Waals surface area contributed by atoms with Gasteiger partial charge >= 0.3 is 12.3 Å². The number of carbonyl (C=O) groups is 2. The van der Waals surface area contributed by atoms with E-state index in [4.69, 9.17) is 9.47 Å². The second kappa shape index (κ2) is 7.53. The van der Waals surface area contributed by atoms with Gasteiger partial charge in [0.25, 0.3) is 0 Å². The number of rotatable bonds is 4. The highest BCUT2D eigenvalue weighted by Gasteiger charge is 2.41. The van der Waals surface area contributed by atoms with Crippen LogP contribution in [0.3, 0.4) is 0 Å². The highest BCUT2D eigenvalue weighted by atomic mass is 19.4. The Morgan fingerprint density at radius 2 is 1.64 bits per heavy atom. The quantitative estimate of drug-likeness (QED) is 0.579. The molecule has 148 valence electrons. The van der Waals surface area contributed by atoms with Crippen LogP contribution in [0.5, 0.6) is 5.75 Å². The van der Waals surface area contributed by atoms with E-state index in [-0.39, 0.29) is 0 Å². The van der Waals surface area contributed by atoms with E-state index in [9.17, 15) is 27.9 Å². The first-order valence-electron chi connectivity index (χ1n) is 8.60. The third kappa shape index (κ3) is 4.11. The van der Waals surface area contributed by atoms with Gasteiger partial charge in [-0.2, -0.15) is 13.2 Å². The summed E-state index contributed by atoms with van der Waals surface area (Å²) >= 11 is 0. The van der Waals surface area contributed by atoms with Crippen molar-refractivity contribution < 1.29 is 37.3 Å². The topological polar surface area (TPSA) is 75.7 Å². The molecule has 1 aliphatic rings. The zero-order chi connectivity index (χ0) is 20.4. The summed E-state index contributed by atoms with van der Waals surface area (Å²) in [6.07, 6.45) is -3.57. The van der Waals surface area contributed by atoms with E-state index in [0.29, 0.717) is 25.0 Å². The number of aromatic carboxylic acids is 1. The first kappa shape index (κ1) is 19.7. The van der Waals surface area contributed by atoms with Crippen molar-refractivity contribution in [3.05, 3.63) is 65.2 Å². The van der Waals surface area contributed by atoms with Gasteiger partial charge in [-0.3, -0.25) is 0 Å². The maximum Gasteiger partial charge on any atom is 0.514 e. The fourth-order valence-electron chi connectivity index (χ4n) is 3.38. The molecule has 1 aliphatic carbocycles. The van der Waals surface area contributed by atoms with E-state index >= 15 is 0 Å². The van der Waals surface area contributed by atoms with Gasteiger partial charge in [0.2, 0.25) is 0 Å². The molecule has 0 amide bonds. The predicted molar refractivity (Wildman–Crippen MR) is 89.5 cm³/mol. The van der Waals surface area contributed by atoms with Crippen LogP contribution in [0, 0.1) is 0 Å². The number of ether oxygens (including phenoxy) is 2. The number of carbonyl (C=O) groups excluding carboxylic acids is 2. The largest absolute Gasteiger partial charge is 0.545 e. The van der Waals surface area contributed by atoms with Gasteiger partial charge in [0, 0.05) is 5.56 Å². The fourth-order valence-corrected chi connectivity index (χ4v) is 3.38. The van der Waals surface area contributed by atoms with Crippen LogP contribution >= 0.6 is 0 Å². The standard InChI is InChI=1S/C20H17F3O5/c21-20(22,23)15-9-8-13(17(24)25)12-16(15)27-18(26)28-19(10-4-5-11-19)14-6-2-1-3-7-14/h1-3,6-9,12H,4-5,10-11H2,(H,24,25)/p-1. The zero-order valence-corrected chi connectivity index (χ0v) is 14.6. The molecule has 0 radical (unpaired) electrons. The van der Waals surface area contributed by atoms with Gasteiger partial charge in [-0.1, -0.05) is 36.4 Å². The van der Waals surface area contributed by atoms with Gasteiger partial charge < -0.3 is 19.4 Å². The van der Waals surface area contributed by atoms with Crippen LogP contribution in [0.4, 0.5) is 18.0 Å². The molecule has 2 aromatic rings. The molecule has 2 aromatic carbocycles. The van der Waals surface area contributed by atoms with Crippen LogP contribution in [-0.4, -0.2) is 12.1 Å². The SMILES string of the molecule is O=C(Oc1cc(C(=O)[O-])ccc1C(F)(F)F)OC1(c2ccccc2)CCCC1. The van der Waals surface area contributed by atoms with Gasteiger partial charge in [-0.05, 0) is 43.4 Å². The lowest BCUT2D eigenvalue weighted by Crippen LogP contribution is -2.31. The number of carboxylic acids is 1. The molecule has 0 spiro atoms. The van der Waals surface area contributed by atoms with Crippen molar-refractivity contribution in [2.45, 2.75) is 37.5 Å². The van der Waals surface area contributed by atoms with Crippen LogP contribution < -0.4 is 9.84 Å². The summed E-state index contributed by atoms with van der Waals surface area (Å²) in [6, 6.07) is 10.8. The smallest absolute Gasteiger partial charge is 0.514 e. The number of hydrogen-bond acceptors (Lipinski definition) is 5. The molecule has 1 fully saturated rings. The van der Waals surface area contributed by atoms with E-state index in [1.165, 1.54) is 0 Å². The summed E-state index contributed by atoms with van der Waals surface area (Å²) < 4.78 is 49.8. The Labute approximate surface area is 158 Å². The average molecular weight is 393 g/mol. The maximum atomic E-state index is 13.2. The van der Waals surface area contributed by atoms with Crippen LogP contribution in [0.15, 0.2) is 48.5 Å². The third-order valence-corrected chi connectivity index (χ3v) is 4.71. The van der Waals surface area contributed by atoms with Crippen molar-refractivity contribution in [3.63, 3.8) is 0 Å². The molecule has 1 saturated carbocycles. The maximum absolute atomic E-state index is 13.2. The minimum atomic E-state index is -4.84. The van der Waals surface area contributed by atoms with Crippen molar-refractivity contribution >= 4 is 12.1 Å². The molecule has 0 unspecified atom stereocenters. The van der Waals surface area contributed by atoms with Gasteiger partial charge in [-0.15, -0.1) is 0 Å². The van der Waals surface area contributed by atoms with E-state index in [0.717, 1.165) is 24.5 Å². The molecule has 0 N–H and O–H groups in total. The average Bonchev–Trinajstić information content (AvgIpc) is 3.11. The van der Waals surface area contributed by atoms with E-state index in [2.05, 4.69) is 0 Å². The Morgan fingerprint density at radius 3 is 2.21 bits per heavy atom. The van der Waals surface area contributed by atoms with Gasteiger partial charge in [0.05, 0.1) is 11.5 Å². The molecular weight excluding hydrogens is 377 g/mol. The summed E-state index contributed by atoms with van der Waals surface area (Å²) in [5.41, 5.74) is -2.09. The van der Waals surface area contributed by atoms with Crippen molar-refractivity contribution in [1.82, 2.24) is 0 Å². The van der Waals surface area contributed by atoms with E-state index in [1.807, 2.05) is 0 Å². The highest BCUT2D eigenvalue weighted by Crippen LogP contribution is 2.43. The van der Waals surface area contributed by atoms with Gasteiger partial charge in [0.1, 0.15) is 11.4 Å². The summed E-state index contributed by atoms with van der Waals surface area (Å²) in [4.78, 5) is 23.3. The van der Waals surface area contributed by atoms with Crippen LogP contribution in [0.25, 0.3) is 0 Å². The molecule has 5 nitrogen and oxygen atoms in total. The molecule has 0 bridgehead atoms. The Balaban J connectivity index is 1.88. The lowest BCUT2D eigenvalue weighted by Gasteiger charge is -2.29. The predicted octanol–water partition coefficient (Wildman–Crippen LogP) is 4.05. The first-order valence-corrected chi connectivity index (χ1v) is 8.60. The molecule has 3 rings (SSSR count). The molecule has 0 aliphatic heterocycles. The lowest BCUT2D eigenvalue weighted by molar-refractivity contribution is -0.255. The first-order chi connectivity index (χ1) is 13.2. The minimum Gasteiger partial charge on any atom is -0.545 e. The summed E-state index contributed by atoms with van der Waals surface area (Å²) in [5.74, 6) is -2.64. The number of benzene rings is 2. The lowest BCUT2D eigenvalue weighted by atomic mass is 9.92. The minimum absolute atomic E-state index is 0.511. The molecule has 0 atom stereocenters. The Kier molecular flexibility index (Phi) is 5.31. The van der Waals surface area contributed by atoms with Crippen LogP contribution in [-0.2, 0) is 16.5 Å². The van der Waals surface area contributed by atoms with Crippen LogP contribution in [0.1, 0.15) is 47.2 Å². The summed E-state index contributed by atoms with van der Waals surface area (Å²) in [6.45, 7) is 0. The number of halogens is 3. The molecule has 8 heteroatoms. The fraction of sp³-hybridized carbons (Fsp3) is 0.300. The Bertz CT molecular complexity index is 871. The Hall–Kier alpha value is -3.03. The molecule has 28 heavy (non-hydrogen) atoms. The zero-order valence-electron chi connectivity index (χ0n) is 14.6. The van der Waals surface area contributed by atoms with E-state index in [1.54, 1.807) is 30.3 Å². The van der Waals surface area contributed by atoms with Crippen molar-refractivity contribution in [2.75, 3.05) is 0 Å². The number of carboxylic acid groups (broad SMARTS) is 1. The normalized spacial score (nSPS) is 15.8. The number of hydrogen-bond donors (Lipinski definition) is 0. The van der Waals surface area contributed by atoms with E-state index < -0.39 is 40.8 Å². The highest BCUT2D eigenvalue weighted by molar-refractivity contribution is 5.86. The van der Waals surface area contributed by atoms with Crippen molar-refractivity contribution in [2.24, 2.45) is 0 Å².